The molecular formula is C44H35I3O2. The summed E-state index contributed by atoms with van der Waals surface area (Å²) in [6, 6.07) is 44.9. The normalized spacial score (nSPS) is 26.5. The van der Waals surface area contributed by atoms with E-state index in [4.69, 9.17) is 4.74 Å². The van der Waals surface area contributed by atoms with Crippen molar-refractivity contribution in [2.24, 2.45) is 0 Å². The van der Waals surface area contributed by atoms with Gasteiger partial charge in [-0.3, -0.25) is 0 Å². The molecule has 0 heterocycles. The molecule has 0 aromatic heterocycles. The Labute approximate surface area is 330 Å². The average molecular weight is 976 g/mol. The summed E-state index contributed by atoms with van der Waals surface area (Å²) in [5.41, 5.74) is 8.58. The lowest BCUT2D eigenvalue weighted by Gasteiger charge is -2.71. The summed E-state index contributed by atoms with van der Waals surface area (Å²) in [4.78, 5) is 11.8. The third kappa shape index (κ3) is 6.08. The van der Waals surface area contributed by atoms with Crippen molar-refractivity contribution in [2.45, 2.75) is 60.2 Å². The van der Waals surface area contributed by atoms with Crippen LogP contribution in [0.5, 0.6) is 0 Å². The number of carbonyl (C=O) groups excluding carboxylic acids is 1. The van der Waals surface area contributed by atoms with Crippen molar-refractivity contribution in [3.63, 3.8) is 0 Å². The van der Waals surface area contributed by atoms with Crippen LogP contribution in [-0.4, -0.2) is 13.1 Å². The van der Waals surface area contributed by atoms with Crippen LogP contribution in [0.25, 0.3) is 0 Å². The van der Waals surface area contributed by atoms with Gasteiger partial charge in [0, 0.05) is 21.8 Å². The number of esters is 1. The van der Waals surface area contributed by atoms with Gasteiger partial charge in [-0.1, -0.05) is 60.4 Å². The zero-order valence-corrected chi connectivity index (χ0v) is 33.7. The Morgan fingerprint density at radius 2 is 0.735 bits per heavy atom. The summed E-state index contributed by atoms with van der Waals surface area (Å²) in [7, 11) is 1.40. The Bertz CT molecular complexity index is 1930. The van der Waals surface area contributed by atoms with Gasteiger partial charge in [0.1, 0.15) is 0 Å². The van der Waals surface area contributed by atoms with Crippen LogP contribution in [-0.2, 0) is 26.4 Å². The first-order valence-electron chi connectivity index (χ1n) is 16.7. The van der Waals surface area contributed by atoms with Crippen molar-refractivity contribution < 1.29 is 9.53 Å². The molecule has 0 amide bonds. The quantitative estimate of drug-likeness (QED) is 0.0997. The SMILES string of the molecule is COC(=O)c1ccc(C#Cc2ccc(C34CC5(c6ccc(I)cc6)CC(c6ccc(I)cc6)(CC(c6ccc(I)cc6)(C5)C3)C4)cc2)cc1. The molecule has 5 heteroatoms. The largest absolute Gasteiger partial charge is 0.465 e. The van der Waals surface area contributed by atoms with Gasteiger partial charge in [0.15, 0.2) is 0 Å². The molecule has 4 aliphatic carbocycles. The highest BCUT2D eigenvalue weighted by atomic mass is 127. The molecule has 0 aliphatic heterocycles. The van der Waals surface area contributed by atoms with Crippen LogP contribution < -0.4 is 0 Å². The molecule has 2 nitrogen and oxygen atoms in total. The first kappa shape index (κ1) is 33.5. The minimum atomic E-state index is -0.337. The Hall–Kier alpha value is -2.68. The zero-order chi connectivity index (χ0) is 33.9. The maximum Gasteiger partial charge on any atom is 0.337 e. The smallest absolute Gasteiger partial charge is 0.337 e. The molecule has 0 saturated heterocycles. The minimum Gasteiger partial charge on any atom is -0.465 e. The van der Waals surface area contributed by atoms with Gasteiger partial charge in [0.05, 0.1) is 12.7 Å². The summed E-state index contributed by atoms with van der Waals surface area (Å²) in [5, 5.41) is 0. The molecule has 4 bridgehead atoms. The Morgan fingerprint density at radius 3 is 1.02 bits per heavy atom. The summed E-state index contributed by atoms with van der Waals surface area (Å²) >= 11 is 7.34. The van der Waals surface area contributed by atoms with E-state index in [9.17, 15) is 4.79 Å². The lowest BCUT2D eigenvalue weighted by Crippen LogP contribution is -2.67. The number of ether oxygens (including phenoxy) is 1. The van der Waals surface area contributed by atoms with Gasteiger partial charge in [-0.2, -0.15) is 0 Å². The van der Waals surface area contributed by atoms with Crippen LogP contribution in [0.4, 0.5) is 0 Å². The number of hydrogen-bond acceptors (Lipinski definition) is 2. The van der Waals surface area contributed by atoms with Crippen molar-refractivity contribution >= 4 is 73.7 Å². The molecular weight excluding hydrogens is 941 g/mol. The minimum absolute atomic E-state index is 0.0272. The van der Waals surface area contributed by atoms with Crippen LogP contribution in [0.3, 0.4) is 0 Å². The van der Waals surface area contributed by atoms with E-state index < -0.39 is 0 Å². The van der Waals surface area contributed by atoms with E-state index in [-0.39, 0.29) is 27.6 Å². The van der Waals surface area contributed by atoms with Crippen LogP contribution in [0.2, 0.25) is 0 Å². The van der Waals surface area contributed by atoms with Gasteiger partial charge in [-0.15, -0.1) is 0 Å². The molecule has 49 heavy (non-hydrogen) atoms. The second-order valence-electron chi connectivity index (χ2n) is 14.6. The van der Waals surface area contributed by atoms with Gasteiger partial charge in [0.25, 0.3) is 0 Å². The molecule has 5 aromatic rings. The predicted octanol–water partition coefficient (Wildman–Crippen LogP) is 11.1. The zero-order valence-electron chi connectivity index (χ0n) is 27.2. The first-order valence-corrected chi connectivity index (χ1v) is 20.0. The second-order valence-corrected chi connectivity index (χ2v) is 18.3. The Balaban J connectivity index is 1.24. The fourth-order valence-corrected chi connectivity index (χ4v) is 11.2. The van der Waals surface area contributed by atoms with E-state index >= 15 is 0 Å². The number of methoxy groups -OCH3 is 1. The Kier molecular flexibility index (Phi) is 8.76. The first-order chi connectivity index (χ1) is 23.6. The monoisotopic (exact) mass is 976 g/mol. The van der Waals surface area contributed by atoms with Crippen molar-refractivity contribution in [3.8, 4) is 11.8 Å². The Morgan fingerprint density at radius 1 is 0.469 bits per heavy atom. The molecule has 0 atom stereocenters. The number of benzene rings is 5. The van der Waals surface area contributed by atoms with E-state index in [1.165, 1.54) is 59.3 Å². The summed E-state index contributed by atoms with van der Waals surface area (Å²) in [6.45, 7) is 0. The summed E-state index contributed by atoms with van der Waals surface area (Å²) in [5.74, 6) is 6.33. The number of carbonyl (C=O) groups is 1. The molecule has 4 fully saturated rings. The molecule has 244 valence electrons. The number of rotatable bonds is 5. The lowest BCUT2D eigenvalue weighted by molar-refractivity contribution is -0.0692. The molecule has 9 rings (SSSR count). The fourth-order valence-electron chi connectivity index (χ4n) is 10.1. The molecule has 4 aliphatic rings. The van der Waals surface area contributed by atoms with Crippen molar-refractivity contribution in [1.82, 2.24) is 0 Å². The van der Waals surface area contributed by atoms with Crippen molar-refractivity contribution in [3.05, 3.63) is 171 Å². The third-order valence-corrected chi connectivity index (χ3v) is 13.7. The fraction of sp³-hybridized carbons (Fsp3) is 0.250. The van der Waals surface area contributed by atoms with E-state index in [0.29, 0.717) is 5.56 Å². The highest BCUT2D eigenvalue weighted by Crippen LogP contribution is 2.74. The topological polar surface area (TPSA) is 26.3 Å². The van der Waals surface area contributed by atoms with E-state index in [2.05, 4.69) is 177 Å². The van der Waals surface area contributed by atoms with Gasteiger partial charge in [-0.05, 0) is 223 Å². The van der Waals surface area contributed by atoms with E-state index in [1.54, 1.807) is 12.1 Å². The van der Waals surface area contributed by atoms with Crippen LogP contribution >= 0.6 is 67.8 Å². The van der Waals surface area contributed by atoms with Gasteiger partial charge in [-0.25, -0.2) is 4.79 Å². The highest BCUT2D eigenvalue weighted by Gasteiger charge is 2.69. The molecule has 5 aromatic carbocycles. The molecule has 0 spiro atoms. The second kappa shape index (κ2) is 12.8. The van der Waals surface area contributed by atoms with Gasteiger partial charge >= 0.3 is 5.97 Å². The molecule has 0 unspecified atom stereocenters. The van der Waals surface area contributed by atoms with E-state index in [1.807, 2.05) is 12.1 Å². The van der Waals surface area contributed by atoms with Gasteiger partial charge < -0.3 is 4.74 Å². The maximum atomic E-state index is 11.8. The predicted molar refractivity (Wildman–Crippen MR) is 222 cm³/mol. The van der Waals surface area contributed by atoms with Crippen molar-refractivity contribution in [1.29, 1.82) is 0 Å². The summed E-state index contributed by atoms with van der Waals surface area (Å²) < 4.78 is 8.70. The summed E-state index contributed by atoms with van der Waals surface area (Å²) in [6.07, 6.45) is 7.05. The highest BCUT2D eigenvalue weighted by molar-refractivity contribution is 14.1. The molecule has 0 N–H and O–H groups in total. The third-order valence-electron chi connectivity index (χ3n) is 11.6. The van der Waals surface area contributed by atoms with Crippen LogP contribution in [0, 0.1) is 22.6 Å². The van der Waals surface area contributed by atoms with E-state index in [0.717, 1.165) is 30.4 Å². The van der Waals surface area contributed by atoms with Gasteiger partial charge in [0.2, 0.25) is 0 Å². The number of halogens is 3. The van der Waals surface area contributed by atoms with Crippen molar-refractivity contribution in [2.75, 3.05) is 7.11 Å². The standard InChI is InChI=1S/C44H35I3O2/c1-49-40(48)32-8-4-30(5-9-32)2-3-31-6-10-33(11-7-31)41-24-42(34-12-18-37(45)19-13-34)27-43(25-41,35-14-20-38(46)21-15-35)29-44(26-41,28-42)36-16-22-39(47)23-17-36/h4-23H,24-29H2,1H3. The number of hydrogen-bond donors (Lipinski definition) is 0. The molecule has 0 radical (unpaired) electrons. The molecule has 4 saturated carbocycles. The maximum absolute atomic E-state index is 11.8. The lowest BCUT2D eigenvalue weighted by atomic mass is 9.32. The van der Waals surface area contributed by atoms with Crippen LogP contribution in [0.1, 0.15) is 82.3 Å². The average Bonchev–Trinajstić information content (AvgIpc) is 3.11. The van der Waals surface area contributed by atoms with Crippen LogP contribution in [0.15, 0.2) is 121 Å².